The van der Waals surface area contributed by atoms with E-state index in [-0.39, 0.29) is 84.7 Å². The molecule has 41 heteroatoms. The summed E-state index contributed by atoms with van der Waals surface area (Å²) in [5, 5.41) is 69.2. The first-order valence-corrected chi connectivity index (χ1v) is 16.4. The Hall–Kier alpha value is -5.70. The zero-order chi connectivity index (χ0) is 61.0. The van der Waals surface area contributed by atoms with E-state index in [0.29, 0.717) is 0 Å². The molecule has 0 aliphatic rings. The van der Waals surface area contributed by atoms with Gasteiger partial charge in [0.25, 0.3) is 23.1 Å². The van der Waals surface area contributed by atoms with Crippen LogP contribution in [0.4, 0.5) is 105 Å². The van der Waals surface area contributed by atoms with Gasteiger partial charge >= 0.3 is 99.5 Å². The van der Waals surface area contributed by atoms with Crippen molar-refractivity contribution in [2.45, 2.75) is 91.0 Å². The molecule has 0 heterocycles. The molecular formula is C35H25F24FeNi2O14. The number of hydrogen-bond donors (Lipinski definition) is 0. The van der Waals surface area contributed by atoms with E-state index < -0.39 is 120 Å². The Morgan fingerprint density at radius 3 is 0.408 bits per heavy atom. The van der Waals surface area contributed by atoms with Gasteiger partial charge in [-0.25, -0.2) is 0 Å². The maximum atomic E-state index is 11.3. The Labute approximate surface area is 438 Å². The van der Waals surface area contributed by atoms with Gasteiger partial charge in [-0.15, -0.1) is 17.3 Å². The molecule has 0 atom stereocenters. The predicted molar refractivity (Wildman–Crippen MR) is 174 cm³/mol. The predicted octanol–water partition coefficient (Wildman–Crippen LogP) is 3.21. The van der Waals surface area contributed by atoms with Gasteiger partial charge in [0.05, 0.1) is 0 Å². The molecule has 1 radical (unpaired) electrons. The molecule has 76 heavy (non-hydrogen) atoms. The number of hydrogen-bond acceptors (Lipinski definition) is 14. The summed E-state index contributed by atoms with van der Waals surface area (Å²) >= 11 is 0. The summed E-state index contributed by atoms with van der Waals surface area (Å²) in [5.74, 6) is -23.7. The number of carbonyl (C=O) groups excluding carboxylic acids is 7. The van der Waals surface area contributed by atoms with E-state index in [9.17, 15) is 175 Å². The third-order valence-electron chi connectivity index (χ3n) is 4.50. The van der Waals surface area contributed by atoms with Crippen molar-refractivity contribution in [3.63, 3.8) is 0 Å². The van der Waals surface area contributed by atoms with Crippen LogP contribution in [0.25, 0.3) is 0 Å². The molecule has 0 saturated heterocycles. The van der Waals surface area contributed by atoms with Gasteiger partial charge in [0, 0.05) is 0 Å². The molecule has 0 saturated carbocycles. The van der Waals surface area contributed by atoms with Crippen LogP contribution in [0.15, 0.2) is 82.8 Å². The van der Waals surface area contributed by atoms with Gasteiger partial charge in [0.15, 0.2) is 17.3 Å². The molecule has 0 amide bonds. The standard InChI is InChI=1S/4C5H2F6O2.3C5H8O2.Fe.2Ni/c4*6-4(7,8)2(12)1-3(13)5(9,10)11;3*1-4(6)3-5(2)7;;;/h4*1,12H;3*3,6H,1-2H3;;;/q;;;;;;;2*+2;+3/p-7/b4*2-1-;3*4-3-;;;. The fraction of sp³-hybridized carbons (Fsp3) is 0.400. The second-order valence-corrected chi connectivity index (χ2v) is 11.6. The zero-order valence-electron chi connectivity index (χ0n) is 36.8. The molecule has 0 unspecified atom stereocenters. The molecule has 0 N–H and O–H groups in total. The molecule has 0 aliphatic heterocycles. The summed E-state index contributed by atoms with van der Waals surface area (Å²) in [6, 6.07) is 0. The normalized spacial score (nSPS) is 13.1. The van der Waals surface area contributed by atoms with E-state index in [0.717, 1.165) is 18.2 Å². The second kappa shape index (κ2) is 38.8. The molecule has 0 aromatic carbocycles. The number of ketones is 7. The third-order valence-corrected chi connectivity index (χ3v) is 4.50. The SMILES string of the molecule is CC(=O)/C=C(/C)[O-].CC(=O)/C=C(/C)[O-].CC(=O)/C=C(/C)[O-].O=C(/C=C(\[O-])C(F)(F)F)C(F)(F)F.O=C(/C=C(\[O-])C(F)(F)F)C(F)(F)F.O=C(/C=C(\[O-])C(F)(F)F)C(F)(F)F.O=C(/C=C(\[O-])C(F)(F)F)C(F)(F)F.[Fe+2].[Ni+2].[Ni+3]. The van der Waals surface area contributed by atoms with Crippen molar-refractivity contribution in [2.24, 2.45) is 0 Å². The molecule has 0 aromatic rings. The maximum Gasteiger partial charge on any atom is 3.00 e. The van der Waals surface area contributed by atoms with E-state index >= 15 is 0 Å². The van der Waals surface area contributed by atoms with Gasteiger partial charge < -0.3 is 35.7 Å². The third kappa shape index (κ3) is 62.6. The molecule has 0 bridgehead atoms. The molecular weight excluding hydrogens is 1270 g/mol. The van der Waals surface area contributed by atoms with E-state index in [1.807, 2.05) is 0 Å². The van der Waals surface area contributed by atoms with E-state index in [1.54, 1.807) is 0 Å². The van der Waals surface area contributed by atoms with Gasteiger partial charge in [0.1, 0.15) is 0 Å². The Morgan fingerprint density at radius 1 is 0.263 bits per heavy atom. The fourth-order valence-electron chi connectivity index (χ4n) is 1.99. The first kappa shape index (κ1) is 92.8. The number of carbonyl (C=O) groups is 7. The van der Waals surface area contributed by atoms with Crippen molar-refractivity contribution in [3.8, 4) is 0 Å². The molecule has 0 aromatic heterocycles. The monoisotopic (exact) mass is 1300 g/mol. The molecule has 0 rings (SSSR count). The minimum Gasteiger partial charge on any atom is -0.876 e. The van der Waals surface area contributed by atoms with Crippen LogP contribution in [0.1, 0.15) is 41.5 Å². The molecule has 445 valence electrons. The fourth-order valence-corrected chi connectivity index (χ4v) is 1.99. The number of rotatable bonds is 7. The quantitative estimate of drug-likeness (QED) is 0.153. The molecule has 0 aliphatic carbocycles. The van der Waals surface area contributed by atoms with Gasteiger partial charge in [-0.1, -0.05) is 20.8 Å². The Morgan fingerprint density at radius 2 is 0.368 bits per heavy atom. The Kier molecular flexibility index (Phi) is 47.4. The zero-order valence-corrected chi connectivity index (χ0v) is 39.9. The van der Waals surface area contributed by atoms with E-state index in [2.05, 4.69) is 0 Å². The topological polar surface area (TPSA) is 281 Å². The molecule has 0 spiro atoms. The van der Waals surface area contributed by atoms with Crippen LogP contribution in [-0.4, -0.2) is 89.9 Å². The molecule has 0 fully saturated rings. The summed E-state index contributed by atoms with van der Waals surface area (Å²) in [4.78, 5) is 69.2. The largest absolute Gasteiger partial charge is 3.00 e. The van der Waals surface area contributed by atoms with Gasteiger partial charge in [-0.05, 0) is 86.3 Å². The number of allylic oxidation sites excluding steroid dienone is 14. The van der Waals surface area contributed by atoms with E-state index in [1.165, 1.54) is 41.5 Å². The number of alkyl halides is 24. The summed E-state index contributed by atoms with van der Waals surface area (Å²) in [5.41, 5.74) is 0. The van der Waals surface area contributed by atoms with E-state index in [4.69, 9.17) is 0 Å². The maximum absolute atomic E-state index is 11.3. The number of halogens is 24. The van der Waals surface area contributed by atoms with Crippen LogP contribution in [0.5, 0.6) is 0 Å². The summed E-state index contributed by atoms with van der Waals surface area (Å²) in [6.07, 6.45) is -44.6. The van der Waals surface area contributed by atoms with Crippen molar-refractivity contribution in [2.75, 3.05) is 0 Å². The van der Waals surface area contributed by atoms with Crippen molar-refractivity contribution in [1.29, 1.82) is 0 Å². The van der Waals surface area contributed by atoms with Crippen molar-refractivity contribution >= 4 is 40.5 Å². The minimum atomic E-state index is -5.46. The van der Waals surface area contributed by atoms with Crippen LogP contribution >= 0.6 is 0 Å². The average molecular weight is 1300 g/mol. The Bertz CT molecular complexity index is 1800. The van der Waals surface area contributed by atoms with Crippen molar-refractivity contribution in [3.05, 3.63) is 82.8 Å². The summed E-state index contributed by atoms with van der Waals surface area (Å²) in [6.45, 7) is 8.09. The van der Waals surface area contributed by atoms with Crippen molar-refractivity contribution in [1.82, 2.24) is 0 Å². The first-order chi connectivity index (χ1) is 31.6. The average Bonchev–Trinajstić information content (AvgIpc) is 3.08. The van der Waals surface area contributed by atoms with Crippen molar-refractivity contribution < 1.29 is 225 Å². The minimum absolute atomic E-state index is 0. The summed E-state index contributed by atoms with van der Waals surface area (Å²) in [7, 11) is 0. The van der Waals surface area contributed by atoms with Gasteiger partial charge in [-0.2, -0.15) is 105 Å². The van der Waals surface area contributed by atoms with Gasteiger partial charge in [-0.3, -0.25) is 33.6 Å². The van der Waals surface area contributed by atoms with Crippen LogP contribution < -0.4 is 35.7 Å². The molecule has 14 nitrogen and oxygen atoms in total. The van der Waals surface area contributed by atoms with Crippen LogP contribution in [0.3, 0.4) is 0 Å². The van der Waals surface area contributed by atoms with Crippen LogP contribution in [-0.2, 0) is 83.6 Å². The Balaban J connectivity index is -0.0000000844. The second-order valence-electron chi connectivity index (χ2n) is 11.6. The van der Waals surface area contributed by atoms with Gasteiger partial charge in [0.2, 0.25) is 0 Å². The summed E-state index contributed by atoms with van der Waals surface area (Å²) < 4.78 is 271. The van der Waals surface area contributed by atoms with Crippen LogP contribution in [0.2, 0.25) is 0 Å². The smallest absolute Gasteiger partial charge is 0.876 e. The first-order valence-electron chi connectivity index (χ1n) is 16.4. The van der Waals surface area contributed by atoms with Crippen LogP contribution in [0, 0.1) is 0 Å².